The zero-order valence-corrected chi connectivity index (χ0v) is 19.1. The monoisotopic (exact) mass is 482 g/mol. The van der Waals surface area contributed by atoms with Gasteiger partial charge in [0.25, 0.3) is 0 Å². The van der Waals surface area contributed by atoms with Crippen molar-refractivity contribution in [2.75, 3.05) is 5.75 Å². The van der Waals surface area contributed by atoms with Crippen molar-refractivity contribution in [3.05, 3.63) is 88.1 Å². The number of carbonyl (C=O) groups is 1. The molecule has 168 valence electrons. The highest BCUT2D eigenvalue weighted by atomic mass is 32.2. The Morgan fingerprint density at radius 3 is 2.58 bits per heavy atom. The van der Waals surface area contributed by atoms with E-state index < -0.39 is 0 Å². The fraction of sp³-hybridized carbons (Fsp3) is 0.208. The molecule has 1 saturated carbocycles. The topological polar surface area (TPSA) is 59.8 Å². The van der Waals surface area contributed by atoms with E-state index in [1.165, 1.54) is 41.3 Å². The van der Waals surface area contributed by atoms with Crippen molar-refractivity contribution in [1.82, 2.24) is 20.1 Å². The van der Waals surface area contributed by atoms with Gasteiger partial charge in [-0.25, -0.2) is 8.78 Å². The molecule has 1 N–H and O–H groups in total. The molecule has 2 aromatic carbocycles. The van der Waals surface area contributed by atoms with Gasteiger partial charge in [-0.05, 0) is 54.1 Å². The van der Waals surface area contributed by atoms with E-state index in [2.05, 4.69) is 15.5 Å². The van der Waals surface area contributed by atoms with E-state index in [4.69, 9.17) is 0 Å². The predicted molar refractivity (Wildman–Crippen MR) is 125 cm³/mol. The number of rotatable bonds is 8. The minimum Gasteiger partial charge on any atom is -0.344 e. The van der Waals surface area contributed by atoms with Crippen LogP contribution in [0.4, 0.5) is 8.78 Å². The van der Waals surface area contributed by atoms with Crippen LogP contribution in [0, 0.1) is 11.6 Å². The van der Waals surface area contributed by atoms with Gasteiger partial charge in [-0.15, -0.1) is 21.5 Å². The van der Waals surface area contributed by atoms with Crippen LogP contribution in [0.15, 0.2) is 71.2 Å². The van der Waals surface area contributed by atoms with Crippen LogP contribution in [0.5, 0.6) is 0 Å². The highest BCUT2D eigenvalue weighted by Crippen LogP contribution is 2.41. The molecule has 4 aromatic rings. The number of halogens is 2. The van der Waals surface area contributed by atoms with Gasteiger partial charge >= 0.3 is 0 Å². The second-order valence-corrected chi connectivity index (χ2v) is 9.67. The summed E-state index contributed by atoms with van der Waals surface area (Å²) in [5.74, 6) is -0.234. The molecule has 1 aliphatic carbocycles. The molecule has 1 aliphatic rings. The number of benzene rings is 2. The molecule has 9 heteroatoms. The number of hydrogen-bond acceptors (Lipinski definition) is 5. The third kappa shape index (κ3) is 4.84. The van der Waals surface area contributed by atoms with Gasteiger partial charge in [-0.1, -0.05) is 42.1 Å². The Balaban J connectivity index is 1.33. The smallest absolute Gasteiger partial charge is 0.231 e. The van der Waals surface area contributed by atoms with Crippen LogP contribution in [0.2, 0.25) is 0 Å². The number of nitrogens with zero attached hydrogens (tertiary/aromatic N) is 3. The van der Waals surface area contributed by atoms with Crippen molar-refractivity contribution in [3.8, 4) is 11.4 Å². The van der Waals surface area contributed by atoms with Crippen molar-refractivity contribution in [2.24, 2.45) is 0 Å². The maximum atomic E-state index is 14.4. The molecular weight excluding hydrogens is 462 g/mol. The summed E-state index contributed by atoms with van der Waals surface area (Å²) in [5.41, 5.74) is 1.21. The largest absolute Gasteiger partial charge is 0.344 e. The number of carbonyl (C=O) groups excluding carboxylic acids is 1. The second kappa shape index (κ2) is 9.44. The second-order valence-electron chi connectivity index (χ2n) is 7.74. The lowest BCUT2D eigenvalue weighted by molar-refractivity contribution is -0.119. The molecule has 33 heavy (non-hydrogen) atoms. The van der Waals surface area contributed by atoms with E-state index in [1.807, 2.05) is 22.1 Å². The molecule has 2 heterocycles. The molecule has 1 atom stereocenters. The highest BCUT2D eigenvalue weighted by molar-refractivity contribution is 7.99. The summed E-state index contributed by atoms with van der Waals surface area (Å²) in [6.45, 7) is 0. The molecule has 1 fully saturated rings. The van der Waals surface area contributed by atoms with Crippen molar-refractivity contribution in [1.29, 1.82) is 0 Å². The van der Waals surface area contributed by atoms with Gasteiger partial charge in [-0.3, -0.25) is 9.36 Å². The quantitative estimate of drug-likeness (QED) is 0.331. The number of amides is 1. The van der Waals surface area contributed by atoms with Gasteiger partial charge in [0.15, 0.2) is 11.0 Å². The average Bonchev–Trinajstić information content (AvgIpc) is 3.34. The van der Waals surface area contributed by atoms with Crippen LogP contribution >= 0.6 is 23.1 Å². The molecule has 2 aromatic heterocycles. The third-order valence-corrected chi connectivity index (χ3v) is 7.24. The van der Waals surface area contributed by atoms with Crippen LogP contribution in [0.3, 0.4) is 0 Å². The normalized spacial score (nSPS) is 14.2. The Labute approximate surface area is 197 Å². The first-order valence-corrected chi connectivity index (χ1v) is 12.4. The molecule has 1 amide bonds. The third-order valence-electron chi connectivity index (χ3n) is 5.36. The summed E-state index contributed by atoms with van der Waals surface area (Å²) in [5, 5.41) is 14.1. The summed E-state index contributed by atoms with van der Waals surface area (Å²) in [4.78, 5) is 13.8. The standard InChI is InChI=1S/C24H20F2N4OS2/c25-16-9-7-15(8-10-16)22(20-6-3-13-32-20)27-21(31)14-33-24-29-28-23(30(24)17-11-12-17)18-4-1-2-5-19(18)26/h1-10,13,17,22H,11-12,14H2,(H,27,31)/t22-/m0/s1. The first kappa shape index (κ1) is 21.8. The van der Waals surface area contributed by atoms with Gasteiger partial charge in [-0.2, -0.15) is 0 Å². The SMILES string of the molecule is O=C(CSc1nnc(-c2ccccc2F)n1C1CC1)N[C@@H](c1ccc(F)cc1)c1cccs1. The van der Waals surface area contributed by atoms with Crippen LogP contribution in [-0.4, -0.2) is 26.4 Å². The van der Waals surface area contributed by atoms with Gasteiger partial charge in [0.1, 0.15) is 11.6 Å². The minimum atomic E-state index is -0.367. The number of thiophene rings is 1. The van der Waals surface area contributed by atoms with E-state index in [0.717, 1.165) is 23.3 Å². The van der Waals surface area contributed by atoms with Gasteiger partial charge in [0.05, 0.1) is 17.4 Å². The molecule has 5 rings (SSSR count). The summed E-state index contributed by atoms with van der Waals surface area (Å²) in [6.07, 6.45) is 1.95. The molecule has 0 radical (unpaired) electrons. The first-order chi connectivity index (χ1) is 16.1. The summed E-state index contributed by atoms with van der Waals surface area (Å²) < 4.78 is 29.7. The molecule has 0 unspecified atom stereocenters. The lowest BCUT2D eigenvalue weighted by Crippen LogP contribution is -2.30. The van der Waals surface area contributed by atoms with E-state index in [9.17, 15) is 13.6 Å². The predicted octanol–water partition coefficient (Wildman–Crippen LogP) is 5.62. The average molecular weight is 483 g/mol. The van der Waals surface area contributed by atoms with Gasteiger partial charge in [0, 0.05) is 10.9 Å². The summed E-state index contributed by atoms with van der Waals surface area (Å²) >= 11 is 2.81. The highest BCUT2D eigenvalue weighted by Gasteiger charge is 2.31. The fourth-order valence-corrected chi connectivity index (χ4v) is 5.24. The van der Waals surface area contributed by atoms with E-state index >= 15 is 0 Å². The Kier molecular flexibility index (Phi) is 6.24. The van der Waals surface area contributed by atoms with Crippen LogP contribution in [0.25, 0.3) is 11.4 Å². The number of thioether (sulfide) groups is 1. The van der Waals surface area contributed by atoms with Crippen molar-refractivity contribution in [3.63, 3.8) is 0 Å². The van der Waals surface area contributed by atoms with E-state index in [1.54, 1.807) is 30.3 Å². The van der Waals surface area contributed by atoms with Crippen molar-refractivity contribution < 1.29 is 13.6 Å². The van der Waals surface area contributed by atoms with Crippen LogP contribution in [-0.2, 0) is 4.79 Å². The zero-order chi connectivity index (χ0) is 22.8. The Morgan fingerprint density at radius 1 is 1.09 bits per heavy atom. The molecule has 5 nitrogen and oxygen atoms in total. The van der Waals surface area contributed by atoms with E-state index in [-0.39, 0.29) is 35.4 Å². The first-order valence-electron chi connectivity index (χ1n) is 10.5. The Hall–Kier alpha value is -3.04. The molecule has 0 bridgehead atoms. The molecule has 0 spiro atoms. The molecule has 0 aliphatic heterocycles. The lowest BCUT2D eigenvalue weighted by Gasteiger charge is -2.18. The lowest BCUT2D eigenvalue weighted by atomic mass is 10.1. The van der Waals surface area contributed by atoms with E-state index in [0.29, 0.717) is 16.5 Å². The summed E-state index contributed by atoms with van der Waals surface area (Å²) in [6, 6.07) is 16.3. The zero-order valence-electron chi connectivity index (χ0n) is 17.4. The Bertz CT molecular complexity index is 1250. The maximum absolute atomic E-state index is 14.4. The Morgan fingerprint density at radius 2 is 1.88 bits per heavy atom. The van der Waals surface area contributed by atoms with Crippen LogP contribution in [0.1, 0.15) is 35.4 Å². The number of nitrogens with one attached hydrogen (secondary N) is 1. The van der Waals surface area contributed by atoms with Crippen LogP contribution < -0.4 is 5.32 Å². The van der Waals surface area contributed by atoms with Crippen molar-refractivity contribution in [2.45, 2.75) is 30.1 Å². The fourth-order valence-electron chi connectivity index (χ4n) is 3.63. The minimum absolute atomic E-state index is 0.130. The van der Waals surface area contributed by atoms with Gasteiger partial charge in [0.2, 0.25) is 5.91 Å². The number of aromatic nitrogens is 3. The maximum Gasteiger partial charge on any atom is 0.231 e. The molecule has 0 saturated heterocycles. The van der Waals surface area contributed by atoms with Gasteiger partial charge < -0.3 is 5.32 Å². The number of hydrogen-bond donors (Lipinski definition) is 1. The molecular formula is C24H20F2N4OS2. The summed E-state index contributed by atoms with van der Waals surface area (Å²) in [7, 11) is 0. The van der Waals surface area contributed by atoms with Crippen molar-refractivity contribution >= 4 is 29.0 Å².